The van der Waals surface area contributed by atoms with E-state index in [9.17, 15) is 9.59 Å². The van der Waals surface area contributed by atoms with Gasteiger partial charge in [-0.25, -0.2) is 19.5 Å². The molecule has 0 saturated carbocycles. The van der Waals surface area contributed by atoms with Crippen LogP contribution in [0.15, 0.2) is 90.2 Å². The molecular formula is C31H24N8O3. The molecule has 1 amide bonds. The zero-order valence-corrected chi connectivity index (χ0v) is 22.6. The summed E-state index contributed by atoms with van der Waals surface area (Å²) in [4.78, 5) is 40.1. The lowest BCUT2D eigenvalue weighted by molar-refractivity contribution is 0.0941. The summed E-state index contributed by atoms with van der Waals surface area (Å²) in [5.41, 5.74) is 8.64. The second-order valence-electron chi connectivity index (χ2n) is 9.37. The van der Waals surface area contributed by atoms with E-state index < -0.39 is 11.9 Å². The van der Waals surface area contributed by atoms with Gasteiger partial charge in [0.2, 0.25) is 0 Å². The maximum Gasteiger partial charge on any atom is 0.316 e. The average molecular weight is 557 g/mol. The Balaban J connectivity index is 1.46. The number of nitrogen functional groups attached to an aromatic ring is 1. The number of aromatic nitrogens is 6. The lowest BCUT2D eigenvalue weighted by atomic mass is 10.0. The van der Waals surface area contributed by atoms with E-state index in [-0.39, 0.29) is 23.0 Å². The van der Waals surface area contributed by atoms with Gasteiger partial charge in [-0.15, -0.1) is 5.10 Å². The van der Waals surface area contributed by atoms with E-state index in [0.29, 0.717) is 38.9 Å². The number of benzene rings is 2. The van der Waals surface area contributed by atoms with Crippen molar-refractivity contribution in [2.45, 2.75) is 13.0 Å². The summed E-state index contributed by atoms with van der Waals surface area (Å²) >= 11 is 0. The van der Waals surface area contributed by atoms with Crippen molar-refractivity contribution in [3.05, 3.63) is 118 Å². The molecule has 0 radical (unpaired) electrons. The molecule has 6 rings (SSSR count). The van der Waals surface area contributed by atoms with E-state index in [4.69, 9.17) is 10.5 Å². The van der Waals surface area contributed by atoms with E-state index in [0.717, 1.165) is 0 Å². The quantitative estimate of drug-likeness (QED) is 0.308. The third-order valence-electron chi connectivity index (χ3n) is 6.68. The molecule has 0 spiro atoms. The highest BCUT2D eigenvalue weighted by Gasteiger charge is 2.24. The molecule has 4 heterocycles. The van der Waals surface area contributed by atoms with Gasteiger partial charge in [0, 0.05) is 41.7 Å². The van der Waals surface area contributed by atoms with Crippen molar-refractivity contribution in [1.82, 2.24) is 34.4 Å². The van der Waals surface area contributed by atoms with Crippen molar-refractivity contribution in [3.63, 3.8) is 0 Å². The number of methoxy groups -OCH3 is 1. The minimum Gasteiger partial charge on any atom is -0.467 e. The number of nitrogens with one attached hydrogen (secondary N) is 1. The standard InChI is InChI=1S/C31H24N8O3/c1-19(36-29(40)26-27(32)37-38-15-7-14-33-28(26)38)24-16-22-9-6-8-21(13-12-20-17-34-31(42-2)35-18-20)25(22)30(41)39(24)23-10-4-3-5-11-23/h3-11,14-19H,1-2H3,(H2,32,37)(H,36,40). The van der Waals surface area contributed by atoms with Crippen molar-refractivity contribution in [3.8, 4) is 23.5 Å². The Bertz CT molecular complexity index is 2070. The maximum absolute atomic E-state index is 14.2. The molecule has 1 atom stereocenters. The third kappa shape index (κ3) is 4.77. The molecule has 42 heavy (non-hydrogen) atoms. The normalized spacial score (nSPS) is 11.6. The first-order valence-corrected chi connectivity index (χ1v) is 13.0. The van der Waals surface area contributed by atoms with Crippen LogP contribution in [0.1, 0.15) is 40.1 Å². The van der Waals surface area contributed by atoms with Crippen LogP contribution in [0.2, 0.25) is 0 Å². The summed E-state index contributed by atoms with van der Waals surface area (Å²) < 4.78 is 8.05. The third-order valence-corrected chi connectivity index (χ3v) is 6.68. The summed E-state index contributed by atoms with van der Waals surface area (Å²) in [6, 6.07) is 17.9. The minimum absolute atomic E-state index is 0.0582. The van der Waals surface area contributed by atoms with Crippen molar-refractivity contribution in [2.75, 3.05) is 12.8 Å². The highest BCUT2D eigenvalue weighted by molar-refractivity contribution is 6.04. The number of amides is 1. The number of hydrogen-bond donors (Lipinski definition) is 2. The van der Waals surface area contributed by atoms with Crippen LogP contribution in [0.3, 0.4) is 0 Å². The zero-order chi connectivity index (χ0) is 29.2. The number of anilines is 1. The number of rotatable bonds is 5. The fourth-order valence-electron chi connectivity index (χ4n) is 4.74. The van der Waals surface area contributed by atoms with Gasteiger partial charge in [0.15, 0.2) is 11.5 Å². The lowest BCUT2D eigenvalue weighted by Gasteiger charge is -2.21. The molecule has 0 saturated heterocycles. The number of hydrogen-bond acceptors (Lipinski definition) is 8. The van der Waals surface area contributed by atoms with Crippen molar-refractivity contribution in [1.29, 1.82) is 0 Å². The number of nitrogens with zero attached hydrogens (tertiary/aromatic N) is 6. The van der Waals surface area contributed by atoms with E-state index in [1.807, 2.05) is 48.5 Å². The van der Waals surface area contributed by atoms with Crippen LogP contribution in [0.25, 0.3) is 22.1 Å². The molecule has 4 aromatic heterocycles. The molecule has 3 N–H and O–H groups in total. The molecule has 2 aromatic carbocycles. The molecular weight excluding hydrogens is 532 g/mol. The van der Waals surface area contributed by atoms with Gasteiger partial charge in [0.05, 0.1) is 24.1 Å². The summed E-state index contributed by atoms with van der Waals surface area (Å²) in [5.74, 6) is 5.73. The summed E-state index contributed by atoms with van der Waals surface area (Å²) in [6.07, 6.45) is 6.34. The Kier molecular flexibility index (Phi) is 6.78. The first kappa shape index (κ1) is 26.2. The summed E-state index contributed by atoms with van der Waals surface area (Å²) in [7, 11) is 1.49. The molecule has 206 valence electrons. The van der Waals surface area contributed by atoms with Gasteiger partial charge in [-0.05, 0) is 42.6 Å². The fourth-order valence-corrected chi connectivity index (χ4v) is 4.74. The van der Waals surface area contributed by atoms with Crippen molar-refractivity contribution in [2.24, 2.45) is 0 Å². The van der Waals surface area contributed by atoms with E-state index >= 15 is 0 Å². The van der Waals surface area contributed by atoms with Gasteiger partial charge >= 0.3 is 6.01 Å². The Labute approximate surface area is 239 Å². The van der Waals surface area contributed by atoms with Gasteiger partial charge in [0.25, 0.3) is 11.5 Å². The average Bonchev–Trinajstić information content (AvgIpc) is 3.36. The van der Waals surface area contributed by atoms with Gasteiger partial charge < -0.3 is 15.8 Å². The number of carbonyl (C=O) groups excluding carboxylic acids is 1. The topological polar surface area (TPSA) is 142 Å². The van der Waals surface area contributed by atoms with E-state index in [1.54, 1.807) is 48.4 Å². The molecule has 0 aliphatic carbocycles. The predicted octanol–water partition coefficient (Wildman–Crippen LogP) is 3.31. The molecule has 11 nitrogen and oxygen atoms in total. The minimum atomic E-state index is -0.598. The number of carbonyl (C=O) groups is 1. The fraction of sp³-hybridized carbons (Fsp3) is 0.0968. The Morgan fingerprint density at radius 1 is 1.02 bits per heavy atom. The molecule has 0 aliphatic rings. The van der Waals surface area contributed by atoms with Gasteiger partial charge in [-0.3, -0.25) is 14.2 Å². The lowest BCUT2D eigenvalue weighted by Crippen LogP contribution is -2.32. The van der Waals surface area contributed by atoms with Crippen LogP contribution in [-0.4, -0.2) is 42.2 Å². The van der Waals surface area contributed by atoms with Crippen LogP contribution in [0.5, 0.6) is 6.01 Å². The van der Waals surface area contributed by atoms with Gasteiger partial charge in [-0.1, -0.05) is 42.2 Å². The van der Waals surface area contributed by atoms with Crippen LogP contribution in [0, 0.1) is 11.8 Å². The van der Waals surface area contributed by atoms with E-state index in [2.05, 4.69) is 37.2 Å². The SMILES string of the molecule is COc1ncc(C#Cc2cccc3cc(C(C)NC(=O)c4c(N)nn5cccnc45)n(-c4ccccc4)c(=O)c23)cn1. The number of nitrogens with two attached hydrogens (primary N) is 1. The second kappa shape index (κ2) is 10.9. The van der Waals surface area contributed by atoms with Crippen molar-refractivity contribution >= 4 is 28.1 Å². The highest BCUT2D eigenvalue weighted by Crippen LogP contribution is 2.24. The molecule has 0 aliphatic heterocycles. The Morgan fingerprint density at radius 2 is 1.81 bits per heavy atom. The van der Waals surface area contributed by atoms with E-state index in [1.165, 1.54) is 11.6 Å². The molecule has 1 unspecified atom stereocenters. The number of pyridine rings is 1. The zero-order valence-electron chi connectivity index (χ0n) is 22.6. The largest absolute Gasteiger partial charge is 0.467 e. The number of para-hydroxylation sites is 1. The number of ether oxygens (including phenoxy) is 1. The number of fused-ring (bicyclic) bond motifs is 2. The monoisotopic (exact) mass is 556 g/mol. The molecule has 0 bridgehead atoms. The maximum atomic E-state index is 14.2. The van der Waals surface area contributed by atoms with Crippen LogP contribution in [0.4, 0.5) is 5.82 Å². The molecule has 0 fully saturated rings. The highest BCUT2D eigenvalue weighted by atomic mass is 16.5. The van der Waals surface area contributed by atoms with Crippen LogP contribution in [-0.2, 0) is 0 Å². The Hall–Kier alpha value is -6.02. The Morgan fingerprint density at radius 3 is 2.57 bits per heavy atom. The van der Waals surface area contributed by atoms with Gasteiger partial charge in [-0.2, -0.15) is 0 Å². The van der Waals surface area contributed by atoms with Gasteiger partial charge in [0.1, 0.15) is 5.56 Å². The first-order valence-electron chi connectivity index (χ1n) is 13.0. The van der Waals surface area contributed by atoms with Crippen molar-refractivity contribution < 1.29 is 9.53 Å². The molecule has 6 aromatic rings. The summed E-state index contributed by atoms with van der Waals surface area (Å²) in [5, 5.41) is 8.29. The second-order valence-corrected chi connectivity index (χ2v) is 9.37. The molecule has 11 heteroatoms. The van der Waals surface area contributed by atoms with Crippen LogP contribution >= 0.6 is 0 Å². The first-order chi connectivity index (χ1) is 20.4. The van der Waals surface area contributed by atoms with Crippen LogP contribution < -0.4 is 21.3 Å². The smallest absolute Gasteiger partial charge is 0.316 e. The summed E-state index contributed by atoms with van der Waals surface area (Å²) in [6.45, 7) is 1.81. The predicted molar refractivity (Wildman–Crippen MR) is 157 cm³/mol.